The smallest absolute Gasteiger partial charge is 0.328 e. The molecule has 0 bridgehead atoms. The lowest BCUT2D eigenvalue weighted by Crippen LogP contribution is -2.42. The second kappa shape index (κ2) is 6.96. The van der Waals surface area contributed by atoms with E-state index in [9.17, 15) is 9.59 Å². The fourth-order valence-electron chi connectivity index (χ4n) is 2.86. The normalized spacial score (nSPS) is 14.1. The monoisotopic (exact) mass is 329 g/mol. The average Bonchev–Trinajstić information content (AvgIpc) is 3.16. The number of fused-ring (bicyclic) bond motifs is 1. The highest BCUT2D eigenvalue weighted by atomic mass is 32.1. The molecule has 0 saturated carbocycles. The summed E-state index contributed by atoms with van der Waals surface area (Å²) >= 11 is 1.53. The number of aryl methyl sites for hydroxylation is 2. The van der Waals surface area contributed by atoms with Crippen LogP contribution in [0.4, 0.5) is 0 Å². The predicted octanol–water partition coefficient (Wildman–Crippen LogP) is 2.75. The zero-order valence-electron chi connectivity index (χ0n) is 13.0. The van der Waals surface area contributed by atoms with Crippen LogP contribution in [0.3, 0.4) is 0 Å². The fourth-order valence-corrected chi connectivity index (χ4v) is 4.01. The highest BCUT2D eigenvalue weighted by Gasteiger charge is 2.25. The van der Waals surface area contributed by atoms with Gasteiger partial charge in [-0.05, 0) is 36.5 Å². The second-order valence-electron chi connectivity index (χ2n) is 5.65. The van der Waals surface area contributed by atoms with Gasteiger partial charge in [-0.15, -0.1) is 11.3 Å². The molecule has 2 aromatic rings. The fraction of sp³-hybridized carbons (Fsp3) is 0.333. The molecule has 0 aliphatic heterocycles. The lowest BCUT2D eigenvalue weighted by molar-refractivity contribution is -0.142. The van der Waals surface area contributed by atoms with E-state index in [0.29, 0.717) is 11.3 Å². The number of carbonyl (C=O) groups is 2. The first-order valence-electron chi connectivity index (χ1n) is 7.71. The minimum Gasteiger partial charge on any atom is -0.467 e. The van der Waals surface area contributed by atoms with Crippen LogP contribution in [0.15, 0.2) is 36.4 Å². The van der Waals surface area contributed by atoms with Crippen molar-refractivity contribution in [2.45, 2.75) is 31.7 Å². The summed E-state index contributed by atoms with van der Waals surface area (Å²) in [4.78, 5) is 26.4. The minimum atomic E-state index is -0.674. The number of benzene rings is 1. The molecule has 0 unspecified atom stereocenters. The number of hydrogen-bond donors (Lipinski definition) is 1. The van der Waals surface area contributed by atoms with Gasteiger partial charge in [0.2, 0.25) is 0 Å². The Bertz CT molecular complexity index is 687. The zero-order chi connectivity index (χ0) is 16.2. The number of thiophene rings is 1. The Morgan fingerprint density at radius 2 is 2.04 bits per heavy atom. The topological polar surface area (TPSA) is 55.4 Å². The van der Waals surface area contributed by atoms with Crippen LogP contribution in [0.25, 0.3) is 0 Å². The lowest BCUT2D eigenvalue weighted by atomic mass is 10.1. The van der Waals surface area contributed by atoms with Crippen molar-refractivity contribution in [3.8, 4) is 0 Å². The van der Waals surface area contributed by atoms with E-state index in [-0.39, 0.29) is 5.91 Å². The molecule has 4 nitrogen and oxygen atoms in total. The van der Waals surface area contributed by atoms with Crippen molar-refractivity contribution in [2.75, 3.05) is 7.11 Å². The number of amides is 1. The number of carbonyl (C=O) groups excluding carboxylic acids is 2. The van der Waals surface area contributed by atoms with Crippen LogP contribution < -0.4 is 5.32 Å². The van der Waals surface area contributed by atoms with E-state index < -0.39 is 12.0 Å². The van der Waals surface area contributed by atoms with Gasteiger partial charge in [0.05, 0.1) is 12.0 Å². The number of ether oxygens (including phenoxy) is 1. The third-order valence-corrected chi connectivity index (χ3v) is 5.28. The molecule has 3 rings (SSSR count). The Hall–Kier alpha value is -2.14. The molecule has 120 valence electrons. The van der Waals surface area contributed by atoms with Crippen molar-refractivity contribution in [3.63, 3.8) is 0 Å². The van der Waals surface area contributed by atoms with Crippen molar-refractivity contribution >= 4 is 23.2 Å². The maximum Gasteiger partial charge on any atom is 0.328 e. The van der Waals surface area contributed by atoms with E-state index in [1.807, 2.05) is 36.4 Å². The van der Waals surface area contributed by atoms with Gasteiger partial charge in [-0.1, -0.05) is 30.3 Å². The maximum atomic E-state index is 12.5. The Balaban J connectivity index is 1.72. The number of nitrogens with one attached hydrogen (secondary N) is 1. The van der Waals surface area contributed by atoms with E-state index in [2.05, 4.69) is 5.32 Å². The highest BCUT2D eigenvalue weighted by molar-refractivity contribution is 7.14. The number of methoxy groups -OCH3 is 1. The summed E-state index contributed by atoms with van der Waals surface area (Å²) in [7, 11) is 1.34. The van der Waals surface area contributed by atoms with Crippen molar-refractivity contribution in [2.24, 2.45) is 0 Å². The number of rotatable bonds is 5. The Morgan fingerprint density at radius 3 is 2.74 bits per heavy atom. The molecule has 1 atom stereocenters. The molecule has 1 N–H and O–H groups in total. The molecule has 0 spiro atoms. The molecule has 0 fully saturated rings. The predicted molar refractivity (Wildman–Crippen MR) is 89.8 cm³/mol. The van der Waals surface area contributed by atoms with Gasteiger partial charge in [0.25, 0.3) is 5.91 Å². The molecule has 1 amide bonds. The summed E-state index contributed by atoms with van der Waals surface area (Å²) in [5.41, 5.74) is 2.26. The molecule has 1 aromatic carbocycles. The van der Waals surface area contributed by atoms with Crippen LogP contribution >= 0.6 is 11.3 Å². The SMILES string of the molecule is COC(=O)[C@H](Cc1ccccc1)NC(=O)c1cc2c(s1)CCC2. The summed E-state index contributed by atoms with van der Waals surface area (Å²) in [5.74, 6) is -0.623. The second-order valence-corrected chi connectivity index (χ2v) is 6.79. The molecule has 23 heavy (non-hydrogen) atoms. The molecule has 1 heterocycles. The average molecular weight is 329 g/mol. The largest absolute Gasteiger partial charge is 0.467 e. The van der Waals surface area contributed by atoms with Crippen LogP contribution in [0, 0.1) is 0 Å². The van der Waals surface area contributed by atoms with Crippen LogP contribution in [0.2, 0.25) is 0 Å². The molecular weight excluding hydrogens is 310 g/mol. The number of hydrogen-bond acceptors (Lipinski definition) is 4. The van der Waals surface area contributed by atoms with E-state index in [1.54, 1.807) is 0 Å². The Kier molecular flexibility index (Phi) is 4.76. The van der Waals surface area contributed by atoms with Gasteiger partial charge in [-0.3, -0.25) is 4.79 Å². The van der Waals surface area contributed by atoms with E-state index in [0.717, 1.165) is 18.4 Å². The lowest BCUT2D eigenvalue weighted by Gasteiger charge is -2.16. The third kappa shape index (κ3) is 3.62. The first-order chi connectivity index (χ1) is 11.2. The molecule has 1 aliphatic carbocycles. The van der Waals surface area contributed by atoms with Gasteiger partial charge in [0.15, 0.2) is 0 Å². The zero-order valence-corrected chi connectivity index (χ0v) is 13.8. The Morgan fingerprint density at radius 1 is 1.26 bits per heavy atom. The summed E-state index contributed by atoms with van der Waals surface area (Å²) in [6.45, 7) is 0. The highest BCUT2D eigenvalue weighted by Crippen LogP contribution is 2.30. The maximum absolute atomic E-state index is 12.5. The standard InChI is InChI=1S/C18H19NO3S/c1-22-18(21)14(10-12-6-3-2-4-7-12)19-17(20)16-11-13-8-5-9-15(13)23-16/h2-4,6-7,11,14H,5,8-10H2,1H3,(H,19,20)/t14-/m0/s1. The van der Waals surface area contributed by atoms with Crippen LogP contribution in [-0.2, 0) is 28.8 Å². The quantitative estimate of drug-likeness (QED) is 0.858. The summed E-state index contributed by atoms with van der Waals surface area (Å²) < 4.78 is 4.83. The van der Waals surface area contributed by atoms with Gasteiger partial charge in [-0.25, -0.2) is 4.79 Å². The minimum absolute atomic E-state index is 0.198. The molecular formula is C18H19NO3S. The molecule has 0 saturated heterocycles. The summed E-state index contributed by atoms with van der Waals surface area (Å²) in [6, 6.07) is 10.9. The molecule has 0 radical (unpaired) electrons. The van der Waals surface area contributed by atoms with Crippen LogP contribution in [0.5, 0.6) is 0 Å². The summed E-state index contributed by atoms with van der Waals surface area (Å²) in [5, 5.41) is 2.82. The number of esters is 1. The van der Waals surface area contributed by atoms with Gasteiger partial charge in [-0.2, -0.15) is 0 Å². The van der Waals surface area contributed by atoms with Crippen LogP contribution in [0.1, 0.15) is 32.1 Å². The third-order valence-electron chi connectivity index (χ3n) is 4.04. The van der Waals surface area contributed by atoms with E-state index in [4.69, 9.17) is 4.74 Å². The van der Waals surface area contributed by atoms with Crippen molar-refractivity contribution in [3.05, 3.63) is 57.3 Å². The van der Waals surface area contributed by atoms with Crippen LogP contribution in [-0.4, -0.2) is 25.0 Å². The van der Waals surface area contributed by atoms with E-state index >= 15 is 0 Å². The molecule has 1 aliphatic rings. The first-order valence-corrected chi connectivity index (χ1v) is 8.53. The van der Waals surface area contributed by atoms with Crippen molar-refractivity contribution < 1.29 is 14.3 Å². The van der Waals surface area contributed by atoms with Gasteiger partial charge in [0, 0.05) is 11.3 Å². The summed E-state index contributed by atoms with van der Waals surface area (Å²) in [6.07, 6.45) is 3.69. The first kappa shape index (κ1) is 15.7. The Labute approximate surface area is 139 Å². The molecule has 1 aromatic heterocycles. The molecule has 5 heteroatoms. The van der Waals surface area contributed by atoms with Gasteiger partial charge < -0.3 is 10.1 Å². The van der Waals surface area contributed by atoms with Crippen molar-refractivity contribution in [1.29, 1.82) is 0 Å². The van der Waals surface area contributed by atoms with Gasteiger partial charge in [0.1, 0.15) is 6.04 Å². The van der Waals surface area contributed by atoms with E-state index in [1.165, 1.54) is 35.3 Å². The van der Waals surface area contributed by atoms with Crippen molar-refractivity contribution in [1.82, 2.24) is 5.32 Å². The van der Waals surface area contributed by atoms with Gasteiger partial charge >= 0.3 is 5.97 Å².